The van der Waals surface area contributed by atoms with Gasteiger partial charge in [-0.05, 0) is 36.4 Å². The van der Waals surface area contributed by atoms with Crippen molar-refractivity contribution in [3.05, 3.63) is 59.4 Å². The average molecular weight is 272 g/mol. The van der Waals surface area contributed by atoms with Crippen LogP contribution in [-0.4, -0.2) is 12.5 Å². The monoisotopic (exact) mass is 272 g/mol. The molecule has 3 rings (SSSR count). The quantitative estimate of drug-likeness (QED) is 0.824. The van der Waals surface area contributed by atoms with Crippen LogP contribution in [0, 0.1) is 5.82 Å². The standard InChI is InChI=1S/C15H13FN2O2/c16-10-4-5-14-12(7-10)13(8-20-14)18-15(19)9-2-1-3-11(17)6-9/h1-7,13H,8,17H2,(H,18,19). The van der Waals surface area contributed by atoms with Gasteiger partial charge in [0.2, 0.25) is 0 Å². The van der Waals surface area contributed by atoms with Gasteiger partial charge in [-0.15, -0.1) is 0 Å². The minimum Gasteiger partial charge on any atom is -0.491 e. The summed E-state index contributed by atoms with van der Waals surface area (Å²) in [7, 11) is 0. The van der Waals surface area contributed by atoms with Gasteiger partial charge in [0.25, 0.3) is 5.91 Å². The predicted octanol–water partition coefficient (Wildman–Crippen LogP) is 2.27. The summed E-state index contributed by atoms with van der Waals surface area (Å²) in [5, 5.41) is 2.82. The van der Waals surface area contributed by atoms with Gasteiger partial charge in [-0.25, -0.2) is 4.39 Å². The summed E-state index contributed by atoms with van der Waals surface area (Å²) in [5.74, 6) is -0.00950. The van der Waals surface area contributed by atoms with Gasteiger partial charge in [-0.1, -0.05) is 6.07 Å². The zero-order valence-electron chi connectivity index (χ0n) is 10.6. The summed E-state index contributed by atoms with van der Waals surface area (Å²) < 4.78 is 18.7. The molecule has 20 heavy (non-hydrogen) atoms. The van der Waals surface area contributed by atoms with Crippen molar-refractivity contribution >= 4 is 11.6 Å². The van der Waals surface area contributed by atoms with Crippen LogP contribution in [0.5, 0.6) is 5.75 Å². The molecular weight excluding hydrogens is 259 g/mol. The van der Waals surface area contributed by atoms with E-state index in [1.165, 1.54) is 12.1 Å². The first-order chi connectivity index (χ1) is 9.63. The lowest BCUT2D eigenvalue weighted by atomic mass is 10.1. The smallest absolute Gasteiger partial charge is 0.251 e. The van der Waals surface area contributed by atoms with Gasteiger partial charge in [-0.2, -0.15) is 0 Å². The lowest BCUT2D eigenvalue weighted by molar-refractivity contribution is 0.0930. The molecule has 1 heterocycles. The molecule has 0 saturated heterocycles. The molecular formula is C15H13FN2O2. The molecule has 0 aliphatic carbocycles. The molecule has 0 bridgehead atoms. The first-order valence-corrected chi connectivity index (χ1v) is 6.22. The summed E-state index contributed by atoms with van der Waals surface area (Å²) in [6, 6.07) is 10.6. The molecule has 5 heteroatoms. The van der Waals surface area contributed by atoms with Gasteiger partial charge in [-0.3, -0.25) is 4.79 Å². The number of hydrogen-bond donors (Lipinski definition) is 2. The zero-order chi connectivity index (χ0) is 14.1. The fourth-order valence-electron chi connectivity index (χ4n) is 2.23. The minimum absolute atomic E-state index is 0.261. The van der Waals surface area contributed by atoms with Crippen molar-refractivity contribution in [1.82, 2.24) is 5.32 Å². The molecule has 4 nitrogen and oxygen atoms in total. The van der Waals surface area contributed by atoms with Gasteiger partial charge in [0.15, 0.2) is 0 Å². The molecule has 1 aliphatic heterocycles. The van der Waals surface area contributed by atoms with E-state index < -0.39 is 0 Å². The van der Waals surface area contributed by atoms with Gasteiger partial charge < -0.3 is 15.8 Å². The summed E-state index contributed by atoms with van der Waals surface area (Å²) in [6.07, 6.45) is 0. The Kier molecular flexibility index (Phi) is 3.02. The van der Waals surface area contributed by atoms with Crippen LogP contribution < -0.4 is 15.8 Å². The highest BCUT2D eigenvalue weighted by atomic mass is 19.1. The highest BCUT2D eigenvalue weighted by Crippen LogP contribution is 2.32. The number of nitrogens with one attached hydrogen (secondary N) is 1. The third kappa shape index (κ3) is 2.30. The van der Waals surface area contributed by atoms with E-state index in [2.05, 4.69) is 5.32 Å². The lowest BCUT2D eigenvalue weighted by Crippen LogP contribution is -2.29. The van der Waals surface area contributed by atoms with Crippen molar-refractivity contribution in [3.8, 4) is 5.75 Å². The van der Waals surface area contributed by atoms with Gasteiger partial charge in [0.05, 0.1) is 6.04 Å². The van der Waals surface area contributed by atoms with Gasteiger partial charge >= 0.3 is 0 Å². The number of carbonyl (C=O) groups excluding carboxylic acids is 1. The Morgan fingerprint density at radius 1 is 1.30 bits per heavy atom. The molecule has 2 aromatic rings. The lowest BCUT2D eigenvalue weighted by Gasteiger charge is -2.12. The molecule has 3 N–H and O–H groups in total. The highest BCUT2D eigenvalue weighted by Gasteiger charge is 2.26. The van der Waals surface area contributed by atoms with Crippen molar-refractivity contribution in [2.45, 2.75) is 6.04 Å². The maximum Gasteiger partial charge on any atom is 0.251 e. The number of ether oxygens (including phenoxy) is 1. The van der Waals surface area contributed by atoms with E-state index in [4.69, 9.17) is 10.5 Å². The molecule has 2 aromatic carbocycles. The molecule has 0 radical (unpaired) electrons. The Balaban J connectivity index is 1.80. The Hall–Kier alpha value is -2.56. The number of nitrogens with two attached hydrogens (primary N) is 1. The van der Waals surface area contributed by atoms with Crippen molar-refractivity contribution < 1.29 is 13.9 Å². The van der Waals surface area contributed by atoms with Gasteiger partial charge in [0.1, 0.15) is 18.2 Å². The second-order valence-corrected chi connectivity index (χ2v) is 4.64. The SMILES string of the molecule is Nc1cccc(C(=O)NC2COc3ccc(F)cc32)c1. The number of benzene rings is 2. The number of amides is 1. The molecule has 0 aromatic heterocycles. The summed E-state index contributed by atoms with van der Waals surface area (Å²) in [6.45, 7) is 0.298. The summed E-state index contributed by atoms with van der Waals surface area (Å²) in [5.41, 5.74) is 7.29. The molecule has 0 fully saturated rings. The Bertz CT molecular complexity index is 673. The fraction of sp³-hybridized carbons (Fsp3) is 0.133. The number of anilines is 1. The van der Waals surface area contributed by atoms with Crippen molar-refractivity contribution in [3.63, 3.8) is 0 Å². The van der Waals surface area contributed by atoms with E-state index >= 15 is 0 Å². The van der Waals surface area contributed by atoms with Crippen LogP contribution in [0.3, 0.4) is 0 Å². The Morgan fingerprint density at radius 2 is 2.15 bits per heavy atom. The van der Waals surface area contributed by atoms with E-state index in [-0.39, 0.29) is 17.8 Å². The average Bonchev–Trinajstić information content (AvgIpc) is 2.81. The molecule has 1 amide bonds. The van der Waals surface area contributed by atoms with Crippen LogP contribution in [0.2, 0.25) is 0 Å². The largest absolute Gasteiger partial charge is 0.491 e. The maximum absolute atomic E-state index is 13.3. The van der Waals surface area contributed by atoms with E-state index in [0.29, 0.717) is 29.2 Å². The summed E-state index contributed by atoms with van der Waals surface area (Å²) in [4.78, 5) is 12.1. The van der Waals surface area contributed by atoms with Crippen molar-refractivity contribution in [1.29, 1.82) is 0 Å². The predicted molar refractivity (Wildman–Crippen MR) is 73.0 cm³/mol. The van der Waals surface area contributed by atoms with Crippen LogP contribution in [-0.2, 0) is 0 Å². The second kappa shape index (κ2) is 4.85. The minimum atomic E-state index is -0.352. The molecule has 1 atom stereocenters. The molecule has 0 saturated carbocycles. The van der Waals surface area contributed by atoms with Gasteiger partial charge in [0, 0.05) is 16.8 Å². The summed E-state index contributed by atoms with van der Waals surface area (Å²) >= 11 is 0. The first-order valence-electron chi connectivity index (χ1n) is 6.22. The molecule has 1 aliphatic rings. The van der Waals surface area contributed by atoms with Crippen LogP contribution in [0.25, 0.3) is 0 Å². The number of fused-ring (bicyclic) bond motifs is 1. The fourth-order valence-corrected chi connectivity index (χ4v) is 2.23. The van der Waals surface area contributed by atoms with Crippen molar-refractivity contribution in [2.24, 2.45) is 0 Å². The van der Waals surface area contributed by atoms with Crippen LogP contribution in [0.4, 0.5) is 10.1 Å². The Labute approximate surface area is 115 Å². The van der Waals surface area contributed by atoms with E-state index in [1.807, 2.05) is 0 Å². The van der Waals surface area contributed by atoms with Crippen molar-refractivity contribution in [2.75, 3.05) is 12.3 Å². The maximum atomic E-state index is 13.3. The number of rotatable bonds is 2. The third-order valence-electron chi connectivity index (χ3n) is 3.21. The zero-order valence-corrected chi connectivity index (χ0v) is 10.6. The number of carbonyl (C=O) groups is 1. The van der Waals surface area contributed by atoms with Crippen LogP contribution in [0.1, 0.15) is 22.0 Å². The van der Waals surface area contributed by atoms with E-state index in [9.17, 15) is 9.18 Å². The Morgan fingerprint density at radius 3 is 2.95 bits per heavy atom. The van der Waals surface area contributed by atoms with E-state index in [1.54, 1.807) is 30.3 Å². The van der Waals surface area contributed by atoms with E-state index in [0.717, 1.165) is 0 Å². The number of nitrogen functional groups attached to an aromatic ring is 1. The van der Waals surface area contributed by atoms with Crippen LogP contribution >= 0.6 is 0 Å². The number of halogens is 1. The molecule has 0 spiro atoms. The number of hydrogen-bond acceptors (Lipinski definition) is 3. The highest BCUT2D eigenvalue weighted by molar-refractivity contribution is 5.95. The van der Waals surface area contributed by atoms with Crippen LogP contribution in [0.15, 0.2) is 42.5 Å². The second-order valence-electron chi connectivity index (χ2n) is 4.64. The normalized spacial score (nSPS) is 16.4. The third-order valence-corrected chi connectivity index (χ3v) is 3.21. The molecule has 1 unspecified atom stereocenters. The first kappa shape index (κ1) is 12.5. The molecule has 102 valence electrons. The topological polar surface area (TPSA) is 64.4 Å².